The maximum absolute atomic E-state index is 9.07. The molecule has 3 heterocycles. The van der Waals surface area contributed by atoms with Crippen molar-refractivity contribution in [3.63, 3.8) is 0 Å². The van der Waals surface area contributed by atoms with Gasteiger partial charge in [0.2, 0.25) is 5.89 Å². The third-order valence-corrected chi connectivity index (χ3v) is 4.97. The van der Waals surface area contributed by atoms with Crippen molar-refractivity contribution in [2.24, 2.45) is 0 Å². The van der Waals surface area contributed by atoms with Gasteiger partial charge in [0.1, 0.15) is 23.6 Å². The van der Waals surface area contributed by atoms with E-state index in [4.69, 9.17) is 9.78 Å². The summed E-state index contributed by atoms with van der Waals surface area (Å²) in [4.78, 5) is 11.1. The number of nitriles is 1. The lowest BCUT2D eigenvalue weighted by atomic mass is 10.1. The molecule has 1 atom stereocenters. The van der Waals surface area contributed by atoms with Crippen molar-refractivity contribution >= 4 is 21.7 Å². The first-order chi connectivity index (χ1) is 12.7. The maximum atomic E-state index is 9.07. The van der Waals surface area contributed by atoms with E-state index in [0.717, 1.165) is 35.2 Å². The molecule has 1 aliphatic rings. The lowest BCUT2D eigenvalue weighted by Gasteiger charge is -2.22. The molecule has 4 rings (SSSR count). The van der Waals surface area contributed by atoms with Gasteiger partial charge in [-0.25, -0.2) is 4.98 Å². The molecule has 0 amide bonds. The molecule has 2 aromatic heterocycles. The molecule has 1 aliphatic heterocycles. The van der Waals surface area contributed by atoms with E-state index in [1.165, 1.54) is 0 Å². The van der Waals surface area contributed by atoms with Gasteiger partial charge in [-0.2, -0.15) is 10.2 Å². The summed E-state index contributed by atoms with van der Waals surface area (Å²) in [6.07, 6.45) is 2.58. The largest absolute Gasteiger partial charge is 0.345 e. The highest BCUT2D eigenvalue weighted by molar-refractivity contribution is 9.10. The maximum Gasteiger partial charge on any atom is 0.249 e. The number of benzene rings is 1. The average Bonchev–Trinajstić information content (AvgIpc) is 3.33. The summed E-state index contributed by atoms with van der Waals surface area (Å²) in [5.74, 6) is 2.06. The van der Waals surface area contributed by atoms with E-state index >= 15 is 0 Å². The van der Waals surface area contributed by atoms with E-state index in [2.05, 4.69) is 42.0 Å². The Labute approximate surface area is 159 Å². The van der Waals surface area contributed by atoms with Gasteiger partial charge in [-0.1, -0.05) is 39.3 Å². The monoisotopic (exact) mass is 409 g/mol. The lowest BCUT2D eigenvalue weighted by Crippen LogP contribution is -2.24. The van der Waals surface area contributed by atoms with Crippen molar-refractivity contribution in [1.29, 1.82) is 5.26 Å². The van der Waals surface area contributed by atoms with Crippen molar-refractivity contribution in [3.8, 4) is 6.07 Å². The Morgan fingerprint density at radius 2 is 2.04 bits per heavy atom. The Balaban J connectivity index is 1.54. The van der Waals surface area contributed by atoms with E-state index in [1.807, 2.05) is 36.4 Å². The Bertz CT molecular complexity index is 947. The minimum atomic E-state index is 0.00242. The molecule has 0 bridgehead atoms. The summed E-state index contributed by atoms with van der Waals surface area (Å²) >= 11 is 3.44. The van der Waals surface area contributed by atoms with Crippen molar-refractivity contribution < 1.29 is 4.52 Å². The molecule has 0 aliphatic carbocycles. The number of hydrogen-bond acceptors (Lipinski definition) is 6. The minimum absolute atomic E-state index is 0.00242. The molecular weight excluding hydrogens is 394 g/mol. The first-order valence-electron chi connectivity index (χ1n) is 8.43. The SMILES string of the molecule is N#Cc1cccc(N2CCCC2c2nc(Cc3ccc(Br)cc3)no2)n1. The van der Waals surface area contributed by atoms with Crippen molar-refractivity contribution in [3.05, 3.63) is 69.9 Å². The van der Waals surface area contributed by atoms with Gasteiger partial charge in [-0.15, -0.1) is 0 Å². The zero-order valence-corrected chi connectivity index (χ0v) is 15.6. The van der Waals surface area contributed by atoms with Crippen LogP contribution in [0, 0.1) is 11.3 Å². The Kier molecular flexibility index (Phi) is 4.67. The predicted octanol–water partition coefficient (Wildman–Crippen LogP) is 4.03. The highest BCUT2D eigenvalue weighted by Gasteiger charge is 2.31. The van der Waals surface area contributed by atoms with Crippen molar-refractivity contribution in [2.75, 3.05) is 11.4 Å². The molecule has 0 saturated carbocycles. The first-order valence-corrected chi connectivity index (χ1v) is 9.23. The van der Waals surface area contributed by atoms with Gasteiger partial charge in [0.05, 0.1) is 0 Å². The molecule has 26 heavy (non-hydrogen) atoms. The number of pyridine rings is 1. The van der Waals surface area contributed by atoms with Crippen LogP contribution in [0.4, 0.5) is 5.82 Å². The molecule has 1 aromatic carbocycles. The smallest absolute Gasteiger partial charge is 0.249 e. The fraction of sp³-hybridized carbons (Fsp3) is 0.263. The average molecular weight is 410 g/mol. The topological polar surface area (TPSA) is 78.8 Å². The molecule has 1 fully saturated rings. The van der Waals surface area contributed by atoms with E-state index in [1.54, 1.807) is 6.07 Å². The van der Waals surface area contributed by atoms with Gasteiger partial charge in [0, 0.05) is 17.4 Å². The quantitative estimate of drug-likeness (QED) is 0.646. The first kappa shape index (κ1) is 16.7. The standard InChI is InChI=1S/C19H16BrN5O/c20-14-8-6-13(7-9-14)11-17-23-19(26-24-17)16-4-2-10-25(16)18-5-1-3-15(12-21)22-18/h1,3,5-9,16H,2,4,10-11H2. The third-order valence-electron chi connectivity index (χ3n) is 4.44. The van der Waals surface area contributed by atoms with Crippen molar-refractivity contribution in [1.82, 2.24) is 15.1 Å². The van der Waals surface area contributed by atoms with Gasteiger partial charge in [0.25, 0.3) is 0 Å². The normalized spacial score (nSPS) is 16.6. The van der Waals surface area contributed by atoms with Crippen molar-refractivity contribution in [2.45, 2.75) is 25.3 Å². The Morgan fingerprint density at radius 1 is 1.19 bits per heavy atom. The summed E-state index contributed by atoms with van der Waals surface area (Å²) in [6.45, 7) is 0.858. The third kappa shape index (κ3) is 3.46. The summed E-state index contributed by atoms with van der Waals surface area (Å²) in [7, 11) is 0. The molecule has 0 spiro atoms. The molecule has 130 valence electrons. The molecule has 3 aromatic rings. The lowest BCUT2D eigenvalue weighted by molar-refractivity contribution is 0.351. The predicted molar refractivity (Wildman–Crippen MR) is 99.5 cm³/mol. The molecule has 7 heteroatoms. The molecule has 1 saturated heterocycles. The van der Waals surface area contributed by atoms with Crippen LogP contribution >= 0.6 is 15.9 Å². The van der Waals surface area contributed by atoms with E-state index < -0.39 is 0 Å². The fourth-order valence-corrected chi connectivity index (χ4v) is 3.47. The van der Waals surface area contributed by atoms with Gasteiger partial charge in [0.15, 0.2) is 5.82 Å². The number of halogens is 1. The van der Waals surface area contributed by atoms with Crippen LogP contribution in [0.3, 0.4) is 0 Å². The molecule has 0 N–H and O–H groups in total. The number of hydrogen-bond donors (Lipinski definition) is 0. The molecule has 1 unspecified atom stereocenters. The van der Waals surface area contributed by atoms with Gasteiger partial charge in [-0.3, -0.25) is 0 Å². The highest BCUT2D eigenvalue weighted by atomic mass is 79.9. The van der Waals surface area contributed by atoms with Gasteiger partial charge >= 0.3 is 0 Å². The number of rotatable bonds is 4. The van der Waals surface area contributed by atoms with Crippen LogP contribution in [0.5, 0.6) is 0 Å². The van der Waals surface area contributed by atoms with E-state index in [-0.39, 0.29) is 6.04 Å². The fourth-order valence-electron chi connectivity index (χ4n) is 3.20. The second-order valence-corrected chi connectivity index (χ2v) is 7.11. The second-order valence-electron chi connectivity index (χ2n) is 6.20. The summed E-state index contributed by atoms with van der Waals surface area (Å²) < 4.78 is 6.59. The molecular formula is C19H16BrN5O. The van der Waals surface area contributed by atoms with Gasteiger partial charge < -0.3 is 9.42 Å². The van der Waals surface area contributed by atoms with E-state index in [9.17, 15) is 0 Å². The number of aromatic nitrogens is 3. The Morgan fingerprint density at radius 3 is 2.85 bits per heavy atom. The van der Waals surface area contributed by atoms with Crippen LogP contribution < -0.4 is 4.90 Å². The van der Waals surface area contributed by atoms with Crippen LogP contribution in [-0.4, -0.2) is 21.7 Å². The second kappa shape index (κ2) is 7.26. The molecule has 0 radical (unpaired) electrons. The van der Waals surface area contributed by atoms with Gasteiger partial charge in [-0.05, 0) is 42.7 Å². The summed E-state index contributed by atoms with van der Waals surface area (Å²) in [5, 5.41) is 13.2. The van der Waals surface area contributed by atoms with Crippen LogP contribution in [0.2, 0.25) is 0 Å². The minimum Gasteiger partial charge on any atom is -0.345 e. The number of anilines is 1. The van der Waals surface area contributed by atoms with E-state index in [0.29, 0.717) is 23.8 Å². The van der Waals surface area contributed by atoms with Crippen LogP contribution in [0.15, 0.2) is 51.5 Å². The number of nitrogens with zero attached hydrogens (tertiary/aromatic N) is 5. The van der Waals surface area contributed by atoms with Crippen LogP contribution in [0.1, 0.15) is 41.9 Å². The van der Waals surface area contributed by atoms with Crippen LogP contribution in [-0.2, 0) is 6.42 Å². The highest BCUT2D eigenvalue weighted by Crippen LogP contribution is 2.34. The zero-order valence-electron chi connectivity index (χ0n) is 14.0. The summed E-state index contributed by atoms with van der Waals surface area (Å²) in [6, 6.07) is 15.6. The Hall–Kier alpha value is -2.72. The van der Waals surface area contributed by atoms with Crippen LogP contribution in [0.25, 0.3) is 0 Å². The zero-order chi connectivity index (χ0) is 17.9. The summed E-state index contributed by atoms with van der Waals surface area (Å²) in [5.41, 5.74) is 1.54. The molecule has 6 nitrogen and oxygen atoms in total.